The summed E-state index contributed by atoms with van der Waals surface area (Å²) in [6.07, 6.45) is 7.93. The first kappa shape index (κ1) is 12.6. The van der Waals surface area contributed by atoms with Crippen LogP contribution in [0, 0.1) is 11.8 Å². The number of nitrogens with zero attached hydrogens (tertiary/aromatic N) is 1. The number of pyridine rings is 1. The lowest BCUT2D eigenvalue weighted by molar-refractivity contribution is 0.0696. The number of rotatable bonds is 4. The summed E-state index contributed by atoms with van der Waals surface area (Å²) in [5.41, 5.74) is 0.205. The monoisotopic (exact) mass is 247 g/mol. The molecule has 0 amide bonds. The quantitative estimate of drug-likeness (QED) is 0.831. The number of carbonyl (C=O) groups is 1. The van der Waals surface area contributed by atoms with Gasteiger partial charge in [-0.1, -0.05) is 19.1 Å². The van der Waals surface area contributed by atoms with Crippen LogP contribution in [0.1, 0.15) is 30.1 Å². The largest absolute Gasteiger partial charge is 0.478 e. The van der Waals surface area contributed by atoms with Crippen molar-refractivity contribution in [2.45, 2.75) is 19.8 Å². The van der Waals surface area contributed by atoms with Crippen molar-refractivity contribution >= 4 is 5.97 Å². The predicted octanol–water partition coefficient (Wildman–Crippen LogP) is 2.76. The minimum Gasteiger partial charge on any atom is -0.478 e. The zero-order valence-electron chi connectivity index (χ0n) is 10.4. The summed E-state index contributed by atoms with van der Waals surface area (Å²) >= 11 is 0. The fourth-order valence-electron chi connectivity index (χ4n) is 2.05. The molecule has 96 valence electrons. The fourth-order valence-corrected chi connectivity index (χ4v) is 2.05. The molecule has 0 radical (unpaired) electrons. The normalized spacial score (nSPS) is 22.7. The number of allylic oxidation sites excluding steroid dienone is 2. The van der Waals surface area contributed by atoms with Crippen LogP contribution >= 0.6 is 0 Å². The third-order valence-electron chi connectivity index (χ3n) is 3.35. The molecule has 1 N–H and O–H groups in total. The molecule has 0 fully saturated rings. The van der Waals surface area contributed by atoms with Crippen molar-refractivity contribution in [1.29, 1.82) is 0 Å². The predicted molar refractivity (Wildman–Crippen MR) is 67.7 cm³/mol. The molecular weight excluding hydrogens is 230 g/mol. The number of carboxylic acids is 1. The zero-order valence-corrected chi connectivity index (χ0v) is 10.4. The minimum atomic E-state index is -0.962. The molecule has 4 heteroatoms. The Morgan fingerprint density at radius 2 is 2.28 bits per heavy atom. The number of hydrogen-bond acceptors (Lipinski definition) is 3. The molecule has 4 nitrogen and oxygen atoms in total. The minimum absolute atomic E-state index is 0.205. The number of aromatic nitrogens is 1. The van der Waals surface area contributed by atoms with Gasteiger partial charge in [0.15, 0.2) is 0 Å². The topological polar surface area (TPSA) is 59.4 Å². The van der Waals surface area contributed by atoms with Crippen molar-refractivity contribution < 1.29 is 14.6 Å². The van der Waals surface area contributed by atoms with Crippen LogP contribution in [-0.4, -0.2) is 22.7 Å². The van der Waals surface area contributed by atoms with E-state index in [-0.39, 0.29) is 5.56 Å². The Hall–Kier alpha value is -1.84. The van der Waals surface area contributed by atoms with Gasteiger partial charge in [0.2, 0.25) is 5.88 Å². The van der Waals surface area contributed by atoms with E-state index >= 15 is 0 Å². The number of ether oxygens (including phenoxy) is 1. The summed E-state index contributed by atoms with van der Waals surface area (Å²) in [5, 5.41) is 8.88. The molecule has 0 saturated carbocycles. The van der Waals surface area contributed by atoms with Crippen LogP contribution in [0.5, 0.6) is 5.88 Å². The van der Waals surface area contributed by atoms with E-state index in [9.17, 15) is 4.79 Å². The second-order valence-electron chi connectivity index (χ2n) is 4.68. The van der Waals surface area contributed by atoms with Crippen molar-refractivity contribution in [3.05, 3.63) is 36.0 Å². The molecule has 1 aliphatic carbocycles. The van der Waals surface area contributed by atoms with Crippen LogP contribution in [0.3, 0.4) is 0 Å². The lowest BCUT2D eigenvalue weighted by Gasteiger charge is -2.24. The third kappa shape index (κ3) is 3.09. The van der Waals surface area contributed by atoms with Crippen molar-refractivity contribution in [2.24, 2.45) is 11.8 Å². The first-order valence-electron chi connectivity index (χ1n) is 6.14. The molecule has 0 spiro atoms. The molecule has 0 aromatic carbocycles. The van der Waals surface area contributed by atoms with Gasteiger partial charge in [0.05, 0.1) is 12.2 Å². The van der Waals surface area contributed by atoms with Gasteiger partial charge in [-0.2, -0.15) is 0 Å². The highest BCUT2D eigenvalue weighted by atomic mass is 16.5. The van der Waals surface area contributed by atoms with Crippen molar-refractivity contribution in [3.8, 4) is 5.88 Å². The van der Waals surface area contributed by atoms with E-state index in [4.69, 9.17) is 9.84 Å². The van der Waals surface area contributed by atoms with Gasteiger partial charge < -0.3 is 9.84 Å². The number of hydrogen-bond donors (Lipinski definition) is 1. The van der Waals surface area contributed by atoms with Crippen LogP contribution in [0.4, 0.5) is 0 Å². The first-order chi connectivity index (χ1) is 8.66. The molecule has 1 aliphatic rings. The molecule has 0 bridgehead atoms. The third-order valence-corrected chi connectivity index (χ3v) is 3.35. The lowest BCUT2D eigenvalue weighted by Crippen LogP contribution is -2.21. The van der Waals surface area contributed by atoms with Gasteiger partial charge in [-0.15, -0.1) is 0 Å². The van der Waals surface area contributed by atoms with Crippen LogP contribution in [0.15, 0.2) is 30.5 Å². The molecule has 18 heavy (non-hydrogen) atoms. The van der Waals surface area contributed by atoms with E-state index in [1.807, 2.05) is 0 Å². The summed E-state index contributed by atoms with van der Waals surface area (Å²) in [4.78, 5) is 14.8. The van der Waals surface area contributed by atoms with E-state index in [1.54, 1.807) is 0 Å². The van der Waals surface area contributed by atoms with E-state index in [0.717, 1.165) is 12.8 Å². The molecule has 0 aliphatic heterocycles. The second kappa shape index (κ2) is 5.67. The maximum atomic E-state index is 10.8. The summed E-state index contributed by atoms with van der Waals surface area (Å²) in [6.45, 7) is 2.79. The standard InChI is InChI=1S/C14H17NO3/c1-10-4-2-3-5-12(10)9-18-13-8-11(14(16)17)6-7-15-13/h2-3,6-8,10,12H,4-5,9H2,1H3,(H,16,17). The zero-order chi connectivity index (χ0) is 13.0. The summed E-state index contributed by atoms with van der Waals surface area (Å²) in [7, 11) is 0. The summed E-state index contributed by atoms with van der Waals surface area (Å²) in [5.74, 6) is 0.496. The van der Waals surface area contributed by atoms with Gasteiger partial charge in [0.25, 0.3) is 0 Å². The molecule has 1 aromatic rings. The first-order valence-corrected chi connectivity index (χ1v) is 6.14. The van der Waals surface area contributed by atoms with Gasteiger partial charge in [-0.3, -0.25) is 0 Å². The lowest BCUT2D eigenvalue weighted by atomic mass is 9.85. The SMILES string of the molecule is CC1CC=CCC1COc1cc(C(=O)O)ccn1. The van der Waals surface area contributed by atoms with Crippen LogP contribution in [0.2, 0.25) is 0 Å². The molecule has 2 rings (SSSR count). The Morgan fingerprint density at radius 1 is 1.50 bits per heavy atom. The number of aromatic carboxylic acids is 1. The van der Waals surface area contributed by atoms with Gasteiger partial charge in [-0.25, -0.2) is 9.78 Å². The van der Waals surface area contributed by atoms with Crippen molar-refractivity contribution in [2.75, 3.05) is 6.61 Å². The molecule has 2 atom stereocenters. The average Bonchev–Trinajstić information content (AvgIpc) is 2.38. The average molecular weight is 247 g/mol. The van der Waals surface area contributed by atoms with Crippen molar-refractivity contribution in [1.82, 2.24) is 4.98 Å². The highest BCUT2D eigenvalue weighted by molar-refractivity contribution is 5.87. The fraction of sp³-hybridized carbons (Fsp3) is 0.429. The molecular formula is C14H17NO3. The Kier molecular flexibility index (Phi) is 3.97. The van der Waals surface area contributed by atoms with E-state index < -0.39 is 5.97 Å². The smallest absolute Gasteiger partial charge is 0.335 e. The maximum absolute atomic E-state index is 10.8. The maximum Gasteiger partial charge on any atom is 0.335 e. The van der Waals surface area contributed by atoms with Crippen LogP contribution in [-0.2, 0) is 0 Å². The van der Waals surface area contributed by atoms with E-state index in [0.29, 0.717) is 24.3 Å². The van der Waals surface area contributed by atoms with Gasteiger partial charge in [-0.05, 0) is 30.7 Å². The Labute approximate surface area is 106 Å². The van der Waals surface area contributed by atoms with Gasteiger partial charge >= 0.3 is 5.97 Å². The Bertz CT molecular complexity index is 456. The number of carboxylic acid groups (broad SMARTS) is 1. The highest BCUT2D eigenvalue weighted by Gasteiger charge is 2.19. The molecule has 0 saturated heterocycles. The Balaban J connectivity index is 1.95. The van der Waals surface area contributed by atoms with Crippen LogP contribution in [0.25, 0.3) is 0 Å². The molecule has 2 unspecified atom stereocenters. The van der Waals surface area contributed by atoms with Gasteiger partial charge in [0, 0.05) is 12.3 Å². The van der Waals surface area contributed by atoms with E-state index in [1.165, 1.54) is 18.3 Å². The Morgan fingerprint density at radius 3 is 3.00 bits per heavy atom. The molecule has 1 heterocycles. The van der Waals surface area contributed by atoms with Gasteiger partial charge in [0.1, 0.15) is 0 Å². The molecule has 1 aromatic heterocycles. The van der Waals surface area contributed by atoms with E-state index in [2.05, 4.69) is 24.1 Å². The summed E-state index contributed by atoms with van der Waals surface area (Å²) < 4.78 is 5.60. The van der Waals surface area contributed by atoms with Crippen molar-refractivity contribution in [3.63, 3.8) is 0 Å². The highest BCUT2D eigenvalue weighted by Crippen LogP contribution is 2.25. The summed E-state index contributed by atoms with van der Waals surface area (Å²) in [6, 6.07) is 2.92. The second-order valence-corrected chi connectivity index (χ2v) is 4.68. The van der Waals surface area contributed by atoms with Crippen LogP contribution < -0.4 is 4.74 Å².